The van der Waals surface area contributed by atoms with Gasteiger partial charge in [-0.3, -0.25) is 0 Å². The molecule has 0 aromatic heterocycles. The molecule has 6 nitrogen and oxygen atoms in total. The first kappa shape index (κ1) is 15.6. The number of urea groups is 1. The molecular weight excluding hydrogens is 352 g/mol. The molecule has 7 heteroatoms. The number of nitrogens with zero attached hydrogens (tertiary/aromatic N) is 1. The van der Waals surface area contributed by atoms with Gasteiger partial charge in [0.1, 0.15) is 12.4 Å². The molecule has 1 fully saturated rings. The normalized spacial score (nSPS) is 19.6. The van der Waals surface area contributed by atoms with Gasteiger partial charge in [0.25, 0.3) is 0 Å². The third kappa shape index (κ3) is 3.91. The maximum atomic E-state index is 12.4. The average molecular weight is 371 g/mol. The highest BCUT2D eigenvalue weighted by molar-refractivity contribution is 9.10. The summed E-state index contributed by atoms with van der Waals surface area (Å²) in [5.74, 6) is 0.825. The molecule has 2 aliphatic heterocycles. The summed E-state index contributed by atoms with van der Waals surface area (Å²) < 4.78 is 17.5. The van der Waals surface area contributed by atoms with Crippen LogP contribution >= 0.6 is 15.9 Å². The van der Waals surface area contributed by atoms with E-state index in [0.29, 0.717) is 46.1 Å². The van der Waals surface area contributed by atoms with Crippen molar-refractivity contribution in [3.8, 4) is 5.75 Å². The zero-order valence-electron chi connectivity index (χ0n) is 12.2. The molecular formula is C15H19BrN2O4. The summed E-state index contributed by atoms with van der Waals surface area (Å²) in [4.78, 5) is 14.2. The van der Waals surface area contributed by atoms with E-state index >= 15 is 0 Å². The van der Waals surface area contributed by atoms with Crippen molar-refractivity contribution >= 4 is 22.0 Å². The number of hydrogen-bond acceptors (Lipinski definition) is 4. The molecule has 0 aliphatic carbocycles. The number of benzene rings is 1. The van der Waals surface area contributed by atoms with E-state index in [0.717, 1.165) is 15.8 Å². The van der Waals surface area contributed by atoms with Gasteiger partial charge in [0.15, 0.2) is 0 Å². The van der Waals surface area contributed by atoms with Crippen molar-refractivity contribution in [2.24, 2.45) is 0 Å². The highest BCUT2D eigenvalue weighted by Gasteiger charge is 2.23. The molecule has 2 aliphatic rings. The van der Waals surface area contributed by atoms with Crippen LogP contribution in [0.1, 0.15) is 5.56 Å². The predicted molar refractivity (Wildman–Crippen MR) is 84.0 cm³/mol. The molecule has 22 heavy (non-hydrogen) atoms. The molecule has 120 valence electrons. The molecule has 2 amide bonds. The van der Waals surface area contributed by atoms with E-state index in [2.05, 4.69) is 21.2 Å². The molecule has 1 aromatic carbocycles. The Morgan fingerprint density at radius 2 is 2.00 bits per heavy atom. The minimum atomic E-state index is -0.113. The van der Waals surface area contributed by atoms with Crippen LogP contribution < -0.4 is 10.1 Å². The molecule has 1 saturated heterocycles. The Bertz CT molecular complexity index is 532. The third-order valence-electron chi connectivity index (χ3n) is 3.63. The van der Waals surface area contributed by atoms with Crippen LogP contribution in [0.5, 0.6) is 5.75 Å². The lowest BCUT2D eigenvalue weighted by atomic mass is 10.2. The zero-order chi connectivity index (χ0) is 15.4. The monoisotopic (exact) mass is 370 g/mol. The van der Waals surface area contributed by atoms with Gasteiger partial charge in [0.05, 0.1) is 45.6 Å². The molecule has 0 radical (unpaired) electrons. The van der Waals surface area contributed by atoms with Crippen LogP contribution in [0.3, 0.4) is 0 Å². The first-order chi connectivity index (χ1) is 10.7. The summed E-state index contributed by atoms with van der Waals surface area (Å²) in [6, 6.07) is 5.64. The number of halogens is 1. The quantitative estimate of drug-likeness (QED) is 0.818. The number of amides is 2. The second-order valence-corrected chi connectivity index (χ2v) is 6.23. The fourth-order valence-corrected chi connectivity index (χ4v) is 2.82. The van der Waals surface area contributed by atoms with E-state index in [1.54, 1.807) is 4.90 Å². The van der Waals surface area contributed by atoms with E-state index in [1.165, 1.54) is 0 Å². The maximum absolute atomic E-state index is 12.4. The van der Waals surface area contributed by atoms with Crippen LogP contribution in [0.2, 0.25) is 0 Å². The van der Waals surface area contributed by atoms with E-state index < -0.39 is 0 Å². The zero-order valence-corrected chi connectivity index (χ0v) is 13.8. The molecule has 3 rings (SSSR count). The first-order valence-electron chi connectivity index (χ1n) is 7.34. The van der Waals surface area contributed by atoms with Gasteiger partial charge in [0, 0.05) is 10.0 Å². The molecule has 1 N–H and O–H groups in total. The Kier molecular flexibility index (Phi) is 5.17. The van der Waals surface area contributed by atoms with Crippen molar-refractivity contribution in [1.29, 1.82) is 0 Å². The molecule has 0 spiro atoms. The lowest BCUT2D eigenvalue weighted by Gasteiger charge is -2.24. The Balaban J connectivity index is 1.63. The van der Waals surface area contributed by atoms with Gasteiger partial charge in [-0.25, -0.2) is 4.79 Å². The maximum Gasteiger partial charge on any atom is 0.318 e. The standard InChI is InChI=1S/C15H19BrN2O4/c16-12-2-1-11-8-18(3-4-22-14(11)7-12)15(19)17-13-9-20-5-6-21-10-13/h1-2,7,13H,3-6,8-10H2,(H,17,19). The molecule has 1 aromatic rings. The number of fused-ring (bicyclic) bond motifs is 1. The SMILES string of the molecule is O=C(NC1COCCOC1)N1CCOc2cc(Br)ccc2C1. The number of hydrogen-bond donors (Lipinski definition) is 1. The van der Waals surface area contributed by atoms with Crippen molar-refractivity contribution in [2.45, 2.75) is 12.6 Å². The summed E-state index contributed by atoms with van der Waals surface area (Å²) in [6.45, 7) is 3.68. The van der Waals surface area contributed by atoms with Crippen molar-refractivity contribution in [3.63, 3.8) is 0 Å². The largest absolute Gasteiger partial charge is 0.491 e. The first-order valence-corrected chi connectivity index (χ1v) is 8.14. The van der Waals surface area contributed by atoms with Crippen molar-refractivity contribution < 1.29 is 19.0 Å². The number of carbonyl (C=O) groups is 1. The summed E-state index contributed by atoms with van der Waals surface area (Å²) in [5.41, 5.74) is 1.00. The van der Waals surface area contributed by atoms with Crippen molar-refractivity contribution in [2.75, 3.05) is 39.6 Å². The van der Waals surface area contributed by atoms with Gasteiger partial charge in [-0.1, -0.05) is 22.0 Å². The Labute approximate surface area is 137 Å². The summed E-state index contributed by atoms with van der Waals surface area (Å²) in [6.07, 6.45) is 0. The van der Waals surface area contributed by atoms with E-state index in [9.17, 15) is 4.79 Å². The predicted octanol–water partition coefficient (Wildman–Crippen LogP) is 1.77. The highest BCUT2D eigenvalue weighted by atomic mass is 79.9. The second-order valence-electron chi connectivity index (χ2n) is 5.32. The molecule has 0 bridgehead atoms. The topological polar surface area (TPSA) is 60.0 Å². The van der Waals surface area contributed by atoms with Gasteiger partial charge in [-0.05, 0) is 12.1 Å². The van der Waals surface area contributed by atoms with Crippen LogP contribution in [-0.4, -0.2) is 56.6 Å². The minimum Gasteiger partial charge on any atom is -0.491 e. The van der Waals surface area contributed by atoms with Crippen LogP contribution in [0.25, 0.3) is 0 Å². The second kappa shape index (κ2) is 7.30. The Morgan fingerprint density at radius 3 is 2.77 bits per heavy atom. The van der Waals surface area contributed by atoms with Crippen molar-refractivity contribution in [3.05, 3.63) is 28.2 Å². The average Bonchev–Trinajstić information content (AvgIpc) is 2.87. The van der Waals surface area contributed by atoms with Gasteiger partial charge in [-0.2, -0.15) is 0 Å². The van der Waals surface area contributed by atoms with E-state index in [4.69, 9.17) is 14.2 Å². The van der Waals surface area contributed by atoms with Gasteiger partial charge in [0.2, 0.25) is 0 Å². The van der Waals surface area contributed by atoms with Crippen LogP contribution in [0, 0.1) is 0 Å². The van der Waals surface area contributed by atoms with Gasteiger partial charge < -0.3 is 24.4 Å². The number of nitrogens with one attached hydrogen (secondary N) is 1. The smallest absolute Gasteiger partial charge is 0.318 e. The van der Waals surface area contributed by atoms with E-state index in [1.807, 2.05) is 18.2 Å². The molecule has 0 saturated carbocycles. The lowest BCUT2D eigenvalue weighted by molar-refractivity contribution is 0.103. The number of carbonyl (C=O) groups excluding carboxylic acids is 1. The van der Waals surface area contributed by atoms with Crippen LogP contribution in [0.15, 0.2) is 22.7 Å². The Morgan fingerprint density at radius 1 is 1.23 bits per heavy atom. The lowest BCUT2D eigenvalue weighted by Crippen LogP contribution is -2.48. The summed E-state index contributed by atoms with van der Waals surface area (Å²) >= 11 is 3.43. The number of rotatable bonds is 1. The van der Waals surface area contributed by atoms with E-state index in [-0.39, 0.29) is 12.1 Å². The summed E-state index contributed by atoms with van der Waals surface area (Å²) in [7, 11) is 0. The minimum absolute atomic E-state index is 0.108. The van der Waals surface area contributed by atoms with Crippen molar-refractivity contribution in [1.82, 2.24) is 10.2 Å². The number of ether oxygens (including phenoxy) is 3. The Hall–Kier alpha value is -1.31. The third-order valence-corrected chi connectivity index (χ3v) is 4.13. The summed E-state index contributed by atoms with van der Waals surface area (Å²) in [5, 5.41) is 2.97. The fourth-order valence-electron chi connectivity index (χ4n) is 2.48. The van der Waals surface area contributed by atoms with Crippen LogP contribution in [-0.2, 0) is 16.0 Å². The van der Waals surface area contributed by atoms with Crippen LogP contribution in [0.4, 0.5) is 4.79 Å². The highest BCUT2D eigenvalue weighted by Crippen LogP contribution is 2.26. The van der Waals surface area contributed by atoms with Gasteiger partial charge in [-0.15, -0.1) is 0 Å². The van der Waals surface area contributed by atoms with Gasteiger partial charge >= 0.3 is 6.03 Å². The molecule has 0 unspecified atom stereocenters. The molecule has 2 heterocycles. The molecule has 0 atom stereocenters. The fraction of sp³-hybridized carbons (Fsp3) is 0.533.